The average Bonchev–Trinajstić information content (AvgIpc) is 3.17. The summed E-state index contributed by atoms with van der Waals surface area (Å²) in [4.78, 5) is 68.0. The van der Waals surface area contributed by atoms with Gasteiger partial charge in [0, 0.05) is 6.54 Å². The summed E-state index contributed by atoms with van der Waals surface area (Å²) in [6.07, 6.45) is 3.55. The third-order valence-corrected chi connectivity index (χ3v) is 13.4. The van der Waals surface area contributed by atoms with Crippen molar-refractivity contribution in [1.29, 1.82) is 0 Å². The van der Waals surface area contributed by atoms with Crippen LogP contribution in [0.4, 0.5) is 4.79 Å². The van der Waals surface area contributed by atoms with Crippen molar-refractivity contribution < 1.29 is 32.4 Å². The molecule has 1 aliphatic heterocycles. The highest BCUT2D eigenvalue weighted by molar-refractivity contribution is 7.92. The van der Waals surface area contributed by atoms with Gasteiger partial charge in [-0.2, -0.15) is 0 Å². The Balaban J connectivity index is 1.86. The number of hydrogen-bond acceptors (Lipinski definition) is 7. The Morgan fingerprint density at radius 2 is 1.53 bits per heavy atom. The number of amides is 5. The van der Waals surface area contributed by atoms with E-state index in [1.54, 1.807) is 27.7 Å². The number of fused-ring (bicyclic) bond motifs is 1. The summed E-state index contributed by atoms with van der Waals surface area (Å²) in [5, 5.41) is 8.49. The number of carbonyl (C=O) groups is 5. The molecule has 2 unspecified atom stereocenters. The first-order valence-corrected chi connectivity index (χ1v) is 18.6. The average molecular weight is 682 g/mol. The molecule has 0 aromatic carbocycles. The van der Waals surface area contributed by atoms with Gasteiger partial charge in [-0.1, -0.05) is 67.7 Å². The van der Waals surface area contributed by atoms with E-state index in [1.165, 1.54) is 4.90 Å². The summed E-state index contributed by atoms with van der Waals surface area (Å²) >= 11 is 0. The quantitative estimate of drug-likeness (QED) is 0.215. The van der Waals surface area contributed by atoms with E-state index in [0.717, 1.165) is 19.3 Å². The Kier molecular flexibility index (Phi) is 11.0. The summed E-state index contributed by atoms with van der Waals surface area (Å²) in [6, 6.07) is -3.69. The zero-order chi connectivity index (χ0) is 36.1. The van der Waals surface area contributed by atoms with Crippen molar-refractivity contribution in [3.05, 3.63) is 0 Å². The Bertz CT molecular complexity index is 1360. The van der Waals surface area contributed by atoms with Gasteiger partial charge in [0.2, 0.25) is 17.6 Å². The van der Waals surface area contributed by atoms with E-state index in [9.17, 15) is 32.4 Å². The molecule has 0 spiro atoms. The lowest BCUT2D eigenvalue weighted by Gasteiger charge is -2.39. The molecule has 13 heteroatoms. The fourth-order valence-corrected chi connectivity index (χ4v) is 8.94. The molecule has 5 amide bonds. The number of urea groups is 1. The smallest absolute Gasteiger partial charge is 0.315 e. The standard InChI is InChI=1S/C34H59N5O7S/c1-19(2)16-34(11,18-47(45,46)32(6,7)8)38-30(44)37-26(31(3,4)5)29(43)39-17-21-23(33(21,9)10)24(39)28(42)36-22(25(40)27(35)41)15-20-13-12-14-20/h19-24,26H,12-18H2,1-11H3,(H2,35,41)(H,36,42)(H2,37,38,44)/t21-,22?,23-,24?,26-,34-/m0/s1. The van der Waals surface area contributed by atoms with E-state index in [0.29, 0.717) is 19.4 Å². The number of hydrogen-bond donors (Lipinski definition) is 4. The van der Waals surface area contributed by atoms with E-state index in [2.05, 4.69) is 16.0 Å². The van der Waals surface area contributed by atoms with Gasteiger partial charge in [-0.15, -0.1) is 0 Å². The van der Waals surface area contributed by atoms with Gasteiger partial charge in [-0.3, -0.25) is 19.2 Å². The summed E-state index contributed by atoms with van der Waals surface area (Å²) in [7, 11) is -3.60. The van der Waals surface area contributed by atoms with Crippen LogP contribution < -0.4 is 21.7 Å². The molecule has 5 N–H and O–H groups in total. The number of piperidine rings is 1. The predicted octanol–water partition coefficient (Wildman–Crippen LogP) is 2.93. The second-order valence-electron chi connectivity index (χ2n) is 17.6. The number of Topliss-reactive ketones (excluding diaryl/α,β-unsaturated/α-hetero) is 1. The lowest BCUT2D eigenvalue weighted by molar-refractivity contribution is -0.145. The monoisotopic (exact) mass is 681 g/mol. The Hall–Kier alpha value is -2.70. The number of rotatable bonds is 13. The minimum atomic E-state index is -3.60. The number of nitrogens with one attached hydrogen (secondary N) is 3. The maximum absolute atomic E-state index is 14.4. The number of primary amides is 1. The van der Waals surface area contributed by atoms with Gasteiger partial charge in [-0.25, -0.2) is 13.2 Å². The summed E-state index contributed by atoms with van der Waals surface area (Å²) in [6.45, 7) is 20.3. The Labute approximate surface area is 281 Å². The number of nitrogens with two attached hydrogens (primary N) is 1. The first kappa shape index (κ1) is 38.7. The minimum Gasteiger partial charge on any atom is -0.363 e. The molecule has 47 heavy (non-hydrogen) atoms. The van der Waals surface area contributed by atoms with Gasteiger partial charge >= 0.3 is 6.03 Å². The molecule has 1 heterocycles. The van der Waals surface area contributed by atoms with Gasteiger partial charge in [0.05, 0.1) is 22.1 Å². The molecular formula is C34H59N5O7S. The molecule has 3 aliphatic rings. The van der Waals surface area contributed by atoms with Crippen LogP contribution in [0.25, 0.3) is 0 Å². The Morgan fingerprint density at radius 1 is 0.957 bits per heavy atom. The molecule has 12 nitrogen and oxygen atoms in total. The zero-order valence-corrected chi connectivity index (χ0v) is 31.1. The number of carbonyl (C=O) groups excluding carboxylic acids is 5. The van der Waals surface area contributed by atoms with Crippen molar-refractivity contribution >= 4 is 39.4 Å². The first-order chi connectivity index (χ1) is 21.2. The molecule has 268 valence electrons. The van der Waals surface area contributed by atoms with Gasteiger partial charge in [0.15, 0.2) is 9.84 Å². The van der Waals surface area contributed by atoms with Gasteiger partial charge < -0.3 is 26.6 Å². The molecule has 0 bridgehead atoms. The largest absolute Gasteiger partial charge is 0.363 e. The Morgan fingerprint density at radius 3 is 1.98 bits per heavy atom. The van der Waals surface area contributed by atoms with E-state index >= 15 is 0 Å². The summed E-state index contributed by atoms with van der Waals surface area (Å²) < 4.78 is 25.4. The van der Waals surface area contributed by atoms with Crippen LogP contribution in [0.15, 0.2) is 0 Å². The highest BCUT2D eigenvalue weighted by atomic mass is 32.2. The van der Waals surface area contributed by atoms with Crippen molar-refractivity contribution in [2.75, 3.05) is 12.3 Å². The SMILES string of the molecule is CC(C)C[C@@](C)(CS(=O)(=O)C(C)(C)C)NC(=O)N[C@@H](C(=O)N1C[C@H]2[C@@H](C1C(=O)NC(CC1CCC1)C(=O)C(N)=O)C2(C)C)C(C)(C)C. The van der Waals surface area contributed by atoms with E-state index in [4.69, 9.17) is 5.73 Å². The molecule has 2 saturated carbocycles. The molecule has 2 aliphatic carbocycles. The first-order valence-electron chi connectivity index (χ1n) is 17.0. The van der Waals surface area contributed by atoms with E-state index in [1.807, 2.05) is 48.5 Å². The second-order valence-corrected chi connectivity index (χ2v) is 20.4. The second kappa shape index (κ2) is 13.3. The van der Waals surface area contributed by atoms with Crippen molar-refractivity contribution in [3.63, 3.8) is 0 Å². The van der Waals surface area contributed by atoms with Crippen LogP contribution in [0.3, 0.4) is 0 Å². The van der Waals surface area contributed by atoms with Gasteiger partial charge in [-0.05, 0) is 75.0 Å². The number of ketones is 1. The third kappa shape index (κ3) is 8.67. The van der Waals surface area contributed by atoms with Gasteiger partial charge in [0.1, 0.15) is 12.1 Å². The van der Waals surface area contributed by atoms with Crippen LogP contribution in [0.2, 0.25) is 0 Å². The maximum atomic E-state index is 14.4. The highest BCUT2D eigenvalue weighted by Crippen LogP contribution is 2.65. The van der Waals surface area contributed by atoms with Crippen LogP contribution in [0, 0.1) is 34.5 Å². The van der Waals surface area contributed by atoms with Crippen molar-refractivity contribution in [3.8, 4) is 0 Å². The number of sulfone groups is 1. The topological polar surface area (TPSA) is 185 Å². The number of nitrogens with zero attached hydrogens (tertiary/aromatic N) is 1. The zero-order valence-electron chi connectivity index (χ0n) is 30.3. The van der Waals surface area contributed by atoms with E-state index in [-0.39, 0.29) is 34.8 Å². The van der Waals surface area contributed by atoms with Crippen LogP contribution in [-0.2, 0) is 29.0 Å². The van der Waals surface area contributed by atoms with Crippen molar-refractivity contribution in [2.24, 2.45) is 40.2 Å². The summed E-state index contributed by atoms with van der Waals surface area (Å²) in [5.74, 6) is -3.02. The van der Waals surface area contributed by atoms with Gasteiger partial charge in [0.25, 0.3) is 5.91 Å². The van der Waals surface area contributed by atoms with E-state index < -0.39 is 73.2 Å². The fourth-order valence-electron chi connectivity index (χ4n) is 7.47. The fraction of sp³-hybridized carbons (Fsp3) is 0.853. The molecular weight excluding hydrogens is 622 g/mol. The molecule has 3 fully saturated rings. The van der Waals surface area contributed by atoms with Crippen LogP contribution >= 0.6 is 0 Å². The van der Waals surface area contributed by atoms with Crippen molar-refractivity contribution in [1.82, 2.24) is 20.9 Å². The molecule has 1 saturated heterocycles. The lowest BCUT2D eigenvalue weighted by atomic mass is 9.80. The molecule has 0 aromatic heterocycles. The normalized spacial score (nSPS) is 25.1. The molecule has 0 radical (unpaired) electrons. The van der Waals surface area contributed by atoms with Crippen molar-refractivity contribution in [2.45, 2.75) is 137 Å². The minimum absolute atomic E-state index is 0.0468. The van der Waals surface area contributed by atoms with Crippen LogP contribution in [-0.4, -0.2) is 83.6 Å². The molecule has 0 aromatic rings. The lowest BCUT2D eigenvalue weighted by Crippen LogP contribution is -2.63. The predicted molar refractivity (Wildman–Crippen MR) is 181 cm³/mol. The highest BCUT2D eigenvalue weighted by Gasteiger charge is 2.70. The third-order valence-electron chi connectivity index (χ3n) is 10.5. The summed E-state index contributed by atoms with van der Waals surface area (Å²) in [5.41, 5.74) is 3.23. The van der Waals surface area contributed by atoms with Crippen LogP contribution in [0.1, 0.15) is 108 Å². The molecule has 3 rings (SSSR count). The maximum Gasteiger partial charge on any atom is 0.315 e. The number of likely N-dealkylation sites (tertiary alicyclic amines) is 1. The van der Waals surface area contributed by atoms with Crippen LogP contribution in [0.5, 0.6) is 0 Å². The molecule has 6 atom stereocenters.